The molecule has 3 heteroatoms. The zero-order valence-electron chi connectivity index (χ0n) is 11.4. The zero-order valence-corrected chi connectivity index (χ0v) is 11.4. The Morgan fingerprint density at radius 2 is 1.76 bits per heavy atom. The summed E-state index contributed by atoms with van der Waals surface area (Å²) >= 11 is 0. The summed E-state index contributed by atoms with van der Waals surface area (Å²) in [4.78, 5) is 12.5. The molecule has 0 fully saturated rings. The normalized spacial score (nSPS) is 11.3. The van der Waals surface area contributed by atoms with Crippen LogP contribution in [0.4, 0.5) is 0 Å². The first-order valence-electron chi connectivity index (χ1n) is 6.74. The molecule has 4 aromatic rings. The number of hydrogen-bond donors (Lipinski definition) is 0. The standard InChI is InChI=1S/C18H12O3/c1-11-13(8-9-20-11)18(19)12-6-7-17-15(10-12)14-4-2-3-5-16(14)21-17/h2-10H,1H3. The minimum absolute atomic E-state index is 0.0339. The summed E-state index contributed by atoms with van der Waals surface area (Å²) in [6.07, 6.45) is 1.54. The maximum atomic E-state index is 12.5. The number of carbonyl (C=O) groups is 1. The van der Waals surface area contributed by atoms with E-state index in [1.54, 1.807) is 19.1 Å². The molecule has 0 radical (unpaired) electrons. The van der Waals surface area contributed by atoms with Crippen LogP contribution in [0.1, 0.15) is 21.7 Å². The number of para-hydroxylation sites is 1. The van der Waals surface area contributed by atoms with Gasteiger partial charge in [-0.05, 0) is 37.3 Å². The molecule has 0 aliphatic rings. The fraction of sp³-hybridized carbons (Fsp3) is 0.0556. The highest BCUT2D eigenvalue weighted by Crippen LogP contribution is 2.30. The van der Waals surface area contributed by atoms with Crippen molar-refractivity contribution in [2.24, 2.45) is 0 Å². The van der Waals surface area contributed by atoms with E-state index >= 15 is 0 Å². The van der Waals surface area contributed by atoms with Gasteiger partial charge in [-0.2, -0.15) is 0 Å². The minimum atomic E-state index is -0.0339. The maximum absolute atomic E-state index is 12.5. The summed E-state index contributed by atoms with van der Waals surface area (Å²) in [6.45, 7) is 1.79. The van der Waals surface area contributed by atoms with Gasteiger partial charge in [-0.25, -0.2) is 0 Å². The predicted molar refractivity (Wildman–Crippen MR) is 80.6 cm³/mol. The van der Waals surface area contributed by atoms with Crippen LogP contribution in [0.5, 0.6) is 0 Å². The van der Waals surface area contributed by atoms with E-state index in [9.17, 15) is 4.79 Å². The third kappa shape index (κ3) is 1.78. The Labute approximate surface area is 120 Å². The van der Waals surface area contributed by atoms with E-state index in [1.165, 1.54) is 6.26 Å². The Balaban J connectivity index is 1.92. The molecule has 0 saturated heterocycles. The molecule has 21 heavy (non-hydrogen) atoms. The number of benzene rings is 2. The predicted octanol–water partition coefficient (Wildman–Crippen LogP) is 4.72. The van der Waals surface area contributed by atoms with Crippen LogP contribution in [0.15, 0.2) is 63.6 Å². The molecule has 0 atom stereocenters. The molecule has 2 aromatic heterocycles. The molecule has 0 amide bonds. The van der Waals surface area contributed by atoms with Gasteiger partial charge in [0, 0.05) is 16.3 Å². The summed E-state index contributed by atoms with van der Waals surface area (Å²) in [7, 11) is 0. The van der Waals surface area contributed by atoms with Gasteiger partial charge in [-0.15, -0.1) is 0 Å². The highest BCUT2D eigenvalue weighted by Gasteiger charge is 2.15. The number of carbonyl (C=O) groups excluding carboxylic acids is 1. The summed E-state index contributed by atoms with van der Waals surface area (Å²) in [6, 6.07) is 15.1. The molecule has 102 valence electrons. The number of ketones is 1. The van der Waals surface area contributed by atoms with Crippen molar-refractivity contribution in [1.29, 1.82) is 0 Å². The smallest absolute Gasteiger partial charge is 0.196 e. The topological polar surface area (TPSA) is 43.4 Å². The largest absolute Gasteiger partial charge is 0.469 e. The second-order valence-electron chi connectivity index (χ2n) is 5.03. The summed E-state index contributed by atoms with van der Waals surface area (Å²) < 4.78 is 11.0. The van der Waals surface area contributed by atoms with E-state index in [4.69, 9.17) is 8.83 Å². The average Bonchev–Trinajstić information content (AvgIpc) is 3.09. The van der Waals surface area contributed by atoms with Gasteiger partial charge < -0.3 is 8.83 Å². The van der Waals surface area contributed by atoms with Gasteiger partial charge in [0.1, 0.15) is 16.9 Å². The molecular weight excluding hydrogens is 264 g/mol. The van der Waals surface area contributed by atoms with Crippen molar-refractivity contribution in [2.75, 3.05) is 0 Å². The molecule has 4 rings (SSSR count). The van der Waals surface area contributed by atoms with Gasteiger partial charge in [-0.3, -0.25) is 4.79 Å². The zero-order chi connectivity index (χ0) is 14.4. The lowest BCUT2D eigenvalue weighted by Crippen LogP contribution is -2.00. The molecule has 2 heterocycles. The second kappa shape index (κ2) is 4.35. The molecule has 0 unspecified atom stereocenters. The molecule has 0 aliphatic carbocycles. The first kappa shape index (κ1) is 12.0. The highest BCUT2D eigenvalue weighted by molar-refractivity contribution is 6.13. The van der Waals surface area contributed by atoms with Crippen LogP contribution in [0, 0.1) is 6.92 Å². The van der Waals surface area contributed by atoms with Gasteiger partial charge in [0.05, 0.1) is 11.8 Å². The SMILES string of the molecule is Cc1occc1C(=O)c1ccc2oc3ccccc3c2c1. The van der Waals surface area contributed by atoms with Crippen LogP contribution < -0.4 is 0 Å². The summed E-state index contributed by atoms with van der Waals surface area (Å²) in [5.41, 5.74) is 2.86. The molecule has 0 saturated carbocycles. The van der Waals surface area contributed by atoms with Crippen molar-refractivity contribution in [2.45, 2.75) is 6.92 Å². The first-order chi connectivity index (χ1) is 10.2. The quantitative estimate of drug-likeness (QED) is 0.497. The van der Waals surface area contributed by atoms with Gasteiger partial charge in [-0.1, -0.05) is 18.2 Å². The second-order valence-corrected chi connectivity index (χ2v) is 5.03. The van der Waals surface area contributed by atoms with E-state index in [1.807, 2.05) is 36.4 Å². The number of fused-ring (bicyclic) bond motifs is 3. The molecule has 0 aliphatic heterocycles. The lowest BCUT2D eigenvalue weighted by molar-refractivity contribution is 0.103. The van der Waals surface area contributed by atoms with E-state index in [-0.39, 0.29) is 5.78 Å². The third-order valence-electron chi connectivity index (χ3n) is 3.74. The van der Waals surface area contributed by atoms with Crippen LogP contribution in [0.25, 0.3) is 21.9 Å². The summed E-state index contributed by atoms with van der Waals surface area (Å²) in [5, 5.41) is 1.98. The molecular formula is C18H12O3. The molecule has 3 nitrogen and oxygen atoms in total. The number of rotatable bonds is 2. The maximum Gasteiger partial charge on any atom is 0.196 e. The fourth-order valence-corrected chi connectivity index (χ4v) is 2.64. The molecule has 2 aromatic carbocycles. The Morgan fingerprint density at radius 3 is 2.57 bits per heavy atom. The Morgan fingerprint density at radius 1 is 0.952 bits per heavy atom. The van der Waals surface area contributed by atoms with Gasteiger partial charge in [0.25, 0.3) is 0 Å². The third-order valence-corrected chi connectivity index (χ3v) is 3.74. The van der Waals surface area contributed by atoms with E-state index < -0.39 is 0 Å². The molecule has 0 bridgehead atoms. The van der Waals surface area contributed by atoms with E-state index in [0.717, 1.165) is 21.9 Å². The van der Waals surface area contributed by atoms with Crippen molar-refractivity contribution in [3.8, 4) is 0 Å². The van der Waals surface area contributed by atoms with Crippen molar-refractivity contribution in [1.82, 2.24) is 0 Å². The van der Waals surface area contributed by atoms with Gasteiger partial charge in [0.2, 0.25) is 0 Å². The van der Waals surface area contributed by atoms with Crippen LogP contribution in [0.3, 0.4) is 0 Å². The fourth-order valence-electron chi connectivity index (χ4n) is 2.64. The average molecular weight is 276 g/mol. The van der Waals surface area contributed by atoms with Crippen LogP contribution in [0.2, 0.25) is 0 Å². The van der Waals surface area contributed by atoms with E-state index in [0.29, 0.717) is 16.9 Å². The highest BCUT2D eigenvalue weighted by atomic mass is 16.3. The number of hydrogen-bond acceptors (Lipinski definition) is 3. The van der Waals surface area contributed by atoms with E-state index in [2.05, 4.69) is 0 Å². The van der Waals surface area contributed by atoms with Crippen LogP contribution in [-0.4, -0.2) is 5.78 Å². The van der Waals surface area contributed by atoms with Gasteiger partial charge in [0.15, 0.2) is 5.78 Å². The lowest BCUT2D eigenvalue weighted by Gasteiger charge is -1.99. The summed E-state index contributed by atoms with van der Waals surface area (Å²) in [5.74, 6) is 0.602. The first-order valence-corrected chi connectivity index (χ1v) is 6.74. The Kier molecular flexibility index (Phi) is 2.48. The minimum Gasteiger partial charge on any atom is -0.469 e. The Bertz CT molecular complexity index is 972. The van der Waals surface area contributed by atoms with Crippen LogP contribution in [-0.2, 0) is 0 Å². The van der Waals surface area contributed by atoms with Crippen molar-refractivity contribution in [3.05, 3.63) is 71.7 Å². The number of furan rings is 2. The molecule has 0 N–H and O–H groups in total. The lowest BCUT2D eigenvalue weighted by atomic mass is 10.0. The van der Waals surface area contributed by atoms with Gasteiger partial charge >= 0.3 is 0 Å². The monoisotopic (exact) mass is 276 g/mol. The Hall–Kier alpha value is -2.81. The van der Waals surface area contributed by atoms with Crippen LogP contribution >= 0.6 is 0 Å². The number of aryl methyl sites for hydroxylation is 1. The van der Waals surface area contributed by atoms with Crippen molar-refractivity contribution >= 4 is 27.7 Å². The van der Waals surface area contributed by atoms with Crippen molar-refractivity contribution < 1.29 is 13.6 Å². The van der Waals surface area contributed by atoms with Crippen molar-refractivity contribution in [3.63, 3.8) is 0 Å². The molecule has 0 spiro atoms.